The number of hydrogen-bond donors (Lipinski definition) is 2. The molecular formula is C20H24FN5O2. The minimum absolute atomic E-state index is 0.137. The monoisotopic (exact) mass is 385 g/mol. The molecule has 148 valence electrons. The molecule has 0 aliphatic carbocycles. The summed E-state index contributed by atoms with van der Waals surface area (Å²) in [5.41, 5.74) is 1.63. The van der Waals surface area contributed by atoms with E-state index in [9.17, 15) is 14.0 Å². The third-order valence-electron chi connectivity index (χ3n) is 4.81. The molecule has 1 atom stereocenters. The van der Waals surface area contributed by atoms with Crippen LogP contribution in [0.1, 0.15) is 47.2 Å². The van der Waals surface area contributed by atoms with Crippen LogP contribution in [0.4, 0.5) is 10.1 Å². The van der Waals surface area contributed by atoms with Crippen LogP contribution < -0.4 is 10.6 Å². The standard InChI is InChI=1S/C20H24FN5O2/c1-13-23-11-16(20(28)22-2)19(24-13)17-5-3-4-10-26(17)12-18(27)25-15-8-6-14(21)7-9-15/h6-9,11,17H,3-5,10,12H2,1-2H3,(H,22,28)(H,25,27). The topological polar surface area (TPSA) is 87.2 Å². The molecule has 0 spiro atoms. The van der Waals surface area contributed by atoms with E-state index in [1.807, 2.05) is 4.90 Å². The third-order valence-corrected chi connectivity index (χ3v) is 4.81. The van der Waals surface area contributed by atoms with Crippen LogP contribution in [0.15, 0.2) is 30.5 Å². The first-order valence-electron chi connectivity index (χ1n) is 9.33. The van der Waals surface area contributed by atoms with Gasteiger partial charge < -0.3 is 10.6 Å². The van der Waals surface area contributed by atoms with Gasteiger partial charge in [0.1, 0.15) is 11.6 Å². The summed E-state index contributed by atoms with van der Waals surface area (Å²) in [6, 6.07) is 5.52. The van der Waals surface area contributed by atoms with E-state index < -0.39 is 0 Å². The van der Waals surface area contributed by atoms with Crippen LogP contribution in [0.2, 0.25) is 0 Å². The highest BCUT2D eigenvalue weighted by Gasteiger charge is 2.30. The fourth-order valence-electron chi connectivity index (χ4n) is 3.46. The molecule has 3 rings (SSSR count). The molecule has 7 nitrogen and oxygen atoms in total. The first kappa shape index (κ1) is 19.9. The number of carbonyl (C=O) groups excluding carboxylic acids is 2. The van der Waals surface area contributed by atoms with Crippen LogP contribution in [0.3, 0.4) is 0 Å². The Morgan fingerprint density at radius 3 is 2.71 bits per heavy atom. The van der Waals surface area contributed by atoms with Crippen LogP contribution in [0.5, 0.6) is 0 Å². The maximum Gasteiger partial charge on any atom is 0.254 e. The second-order valence-corrected chi connectivity index (χ2v) is 6.83. The van der Waals surface area contributed by atoms with Crippen molar-refractivity contribution in [2.75, 3.05) is 25.5 Å². The molecule has 2 aromatic rings. The van der Waals surface area contributed by atoms with Gasteiger partial charge in [0.2, 0.25) is 5.91 Å². The number of aryl methyl sites for hydroxylation is 1. The Hall–Kier alpha value is -2.87. The van der Waals surface area contributed by atoms with Gasteiger partial charge in [0.25, 0.3) is 5.91 Å². The SMILES string of the molecule is CNC(=O)c1cnc(C)nc1C1CCCCN1CC(=O)Nc1ccc(F)cc1. The lowest BCUT2D eigenvalue weighted by Gasteiger charge is -2.35. The molecule has 1 aliphatic heterocycles. The minimum Gasteiger partial charge on any atom is -0.355 e. The zero-order valence-corrected chi connectivity index (χ0v) is 16.0. The normalized spacial score (nSPS) is 17.2. The number of amides is 2. The number of carbonyl (C=O) groups is 2. The molecule has 0 saturated carbocycles. The Bertz CT molecular complexity index is 856. The molecule has 8 heteroatoms. The fourth-order valence-corrected chi connectivity index (χ4v) is 3.46. The first-order valence-corrected chi connectivity index (χ1v) is 9.33. The number of nitrogens with zero attached hydrogens (tertiary/aromatic N) is 3. The molecule has 1 fully saturated rings. The quantitative estimate of drug-likeness (QED) is 0.826. The molecule has 1 aliphatic rings. The van der Waals surface area contributed by atoms with Crippen LogP contribution in [-0.2, 0) is 4.79 Å². The Morgan fingerprint density at radius 2 is 2.00 bits per heavy atom. The van der Waals surface area contributed by atoms with Crippen molar-refractivity contribution in [1.29, 1.82) is 0 Å². The van der Waals surface area contributed by atoms with E-state index >= 15 is 0 Å². The van der Waals surface area contributed by atoms with Gasteiger partial charge in [-0.05, 0) is 50.6 Å². The van der Waals surface area contributed by atoms with Crippen LogP contribution >= 0.6 is 0 Å². The maximum absolute atomic E-state index is 13.0. The molecule has 2 heterocycles. The van der Waals surface area contributed by atoms with Gasteiger partial charge in [-0.3, -0.25) is 14.5 Å². The summed E-state index contributed by atoms with van der Waals surface area (Å²) in [6.45, 7) is 2.68. The van der Waals surface area contributed by atoms with Crippen molar-refractivity contribution in [2.24, 2.45) is 0 Å². The van der Waals surface area contributed by atoms with E-state index in [0.29, 0.717) is 22.8 Å². The van der Waals surface area contributed by atoms with Crippen molar-refractivity contribution in [3.8, 4) is 0 Å². The number of anilines is 1. The largest absolute Gasteiger partial charge is 0.355 e. The summed E-state index contributed by atoms with van der Waals surface area (Å²) in [4.78, 5) is 35.5. The highest BCUT2D eigenvalue weighted by Crippen LogP contribution is 2.31. The number of halogens is 1. The highest BCUT2D eigenvalue weighted by atomic mass is 19.1. The van der Waals surface area contributed by atoms with E-state index in [-0.39, 0.29) is 30.2 Å². The molecule has 28 heavy (non-hydrogen) atoms. The summed E-state index contributed by atoms with van der Waals surface area (Å²) >= 11 is 0. The van der Waals surface area contributed by atoms with Crippen LogP contribution in [0.25, 0.3) is 0 Å². The van der Waals surface area contributed by atoms with E-state index in [1.165, 1.54) is 24.3 Å². The van der Waals surface area contributed by atoms with Gasteiger partial charge in [-0.25, -0.2) is 14.4 Å². The van der Waals surface area contributed by atoms with Gasteiger partial charge in [-0.15, -0.1) is 0 Å². The molecule has 1 saturated heterocycles. The average molecular weight is 385 g/mol. The Balaban J connectivity index is 1.79. The zero-order chi connectivity index (χ0) is 20.1. The van der Waals surface area contributed by atoms with Gasteiger partial charge in [-0.2, -0.15) is 0 Å². The molecule has 2 amide bonds. The van der Waals surface area contributed by atoms with Gasteiger partial charge in [0.05, 0.1) is 23.8 Å². The van der Waals surface area contributed by atoms with E-state index in [0.717, 1.165) is 25.8 Å². The number of benzene rings is 1. The van der Waals surface area contributed by atoms with E-state index in [2.05, 4.69) is 20.6 Å². The first-order chi connectivity index (χ1) is 13.5. The van der Waals surface area contributed by atoms with Gasteiger partial charge >= 0.3 is 0 Å². The fraction of sp³-hybridized carbons (Fsp3) is 0.400. The molecule has 1 aromatic carbocycles. The summed E-state index contributed by atoms with van der Waals surface area (Å²) in [6.07, 6.45) is 4.32. The van der Waals surface area contributed by atoms with E-state index in [4.69, 9.17) is 0 Å². The van der Waals surface area contributed by atoms with E-state index in [1.54, 1.807) is 20.2 Å². The third kappa shape index (κ3) is 4.69. The summed E-state index contributed by atoms with van der Waals surface area (Å²) < 4.78 is 13.0. The predicted octanol–water partition coefficient (Wildman–Crippen LogP) is 2.45. The van der Waals surface area contributed by atoms with Crippen molar-refractivity contribution in [1.82, 2.24) is 20.2 Å². The summed E-state index contributed by atoms with van der Waals surface area (Å²) in [7, 11) is 1.57. The number of rotatable bonds is 5. The van der Waals surface area contributed by atoms with Gasteiger partial charge in [-0.1, -0.05) is 6.42 Å². The lowest BCUT2D eigenvalue weighted by molar-refractivity contribution is -0.118. The molecule has 0 bridgehead atoms. The van der Waals surface area contributed by atoms with Crippen molar-refractivity contribution < 1.29 is 14.0 Å². The van der Waals surface area contributed by atoms with Crippen molar-refractivity contribution >= 4 is 17.5 Å². The minimum atomic E-state index is -0.352. The summed E-state index contributed by atoms with van der Waals surface area (Å²) in [5.74, 6) is -0.194. The Morgan fingerprint density at radius 1 is 1.25 bits per heavy atom. The van der Waals surface area contributed by atoms with Crippen molar-refractivity contribution in [3.05, 3.63) is 53.4 Å². The molecule has 0 radical (unpaired) electrons. The molecule has 1 aromatic heterocycles. The molecular weight excluding hydrogens is 361 g/mol. The predicted molar refractivity (Wildman–Crippen MR) is 103 cm³/mol. The molecule has 2 N–H and O–H groups in total. The summed E-state index contributed by atoms with van der Waals surface area (Å²) in [5, 5.41) is 5.41. The maximum atomic E-state index is 13.0. The highest BCUT2D eigenvalue weighted by molar-refractivity contribution is 5.95. The Labute approximate surface area is 163 Å². The number of aromatic nitrogens is 2. The lowest BCUT2D eigenvalue weighted by atomic mass is 9.96. The Kier molecular flexibility index (Phi) is 6.30. The number of hydrogen-bond acceptors (Lipinski definition) is 5. The van der Waals surface area contributed by atoms with Crippen LogP contribution in [-0.4, -0.2) is 46.8 Å². The van der Waals surface area contributed by atoms with Gasteiger partial charge in [0.15, 0.2) is 0 Å². The number of likely N-dealkylation sites (tertiary alicyclic amines) is 1. The second kappa shape index (κ2) is 8.88. The van der Waals surface area contributed by atoms with Crippen molar-refractivity contribution in [2.45, 2.75) is 32.2 Å². The zero-order valence-electron chi connectivity index (χ0n) is 16.0. The number of nitrogens with one attached hydrogen (secondary N) is 2. The average Bonchev–Trinajstić information content (AvgIpc) is 2.69. The smallest absolute Gasteiger partial charge is 0.254 e. The number of piperidine rings is 1. The van der Waals surface area contributed by atoms with Gasteiger partial charge in [0, 0.05) is 18.9 Å². The van der Waals surface area contributed by atoms with Crippen molar-refractivity contribution in [3.63, 3.8) is 0 Å². The molecule has 1 unspecified atom stereocenters. The second-order valence-electron chi connectivity index (χ2n) is 6.83. The lowest BCUT2D eigenvalue weighted by Crippen LogP contribution is -2.40. The van der Waals surface area contributed by atoms with Crippen LogP contribution in [0, 0.1) is 12.7 Å².